The Labute approximate surface area is 172 Å². The zero-order valence-corrected chi connectivity index (χ0v) is 18.8. The lowest BCUT2D eigenvalue weighted by Crippen LogP contribution is -2.37. The molecule has 2 aliphatic carbocycles. The summed E-state index contributed by atoms with van der Waals surface area (Å²) in [6, 6.07) is 0. The van der Waals surface area contributed by atoms with E-state index in [9.17, 15) is 0 Å². The molecule has 4 rings (SSSR count). The minimum absolute atomic E-state index is 0.409. The summed E-state index contributed by atoms with van der Waals surface area (Å²) in [7, 11) is 0. The molecule has 0 saturated carbocycles. The molecule has 0 bridgehead atoms. The summed E-state index contributed by atoms with van der Waals surface area (Å²) in [5.41, 5.74) is 4.03. The monoisotopic (exact) mass is 390 g/mol. The third-order valence-electron chi connectivity index (χ3n) is 6.51. The Bertz CT molecular complexity index is 553. The van der Waals surface area contributed by atoms with E-state index in [-0.39, 0.29) is 0 Å². The molecule has 4 aliphatic rings. The lowest BCUT2D eigenvalue weighted by Gasteiger charge is -2.38. The molecule has 160 valence electrons. The molecule has 0 radical (unpaired) electrons. The van der Waals surface area contributed by atoms with E-state index in [4.69, 9.17) is 9.47 Å². The predicted molar refractivity (Wildman–Crippen MR) is 116 cm³/mol. The Morgan fingerprint density at radius 1 is 0.786 bits per heavy atom. The smallest absolute Gasteiger partial charge is 0.0642 e. The SMILES string of the molecule is CC1(C)C=C(N2CCOCC2)CCC1.CC1(C)CCC=C(N2CCOCC2)C1. The van der Waals surface area contributed by atoms with Crippen LogP contribution in [-0.2, 0) is 9.47 Å². The maximum absolute atomic E-state index is 5.37. The van der Waals surface area contributed by atoms with Crippen LogP contribution in [0.2, 0.25) is 0 Å². The first-order valence-corrected chi connectivity index (χ1v) is 11.4. The molecule has 0 aromatic heterocycles. The van der Waals surface area contributed by atoms with Crippen LogP contribution in [0, 0.1) is 10.8 Å². The van der Waals surface area contributed by atoms with Gasteiger partial charge in [-0.3, -0.25) is 0 Å². The fourth-order valence-corrected chi connectivity index (χ4v) is 4.79. The summed E-state index contributed by atoms with van der Waals surface area (Å²) in [5.74, 6) is 0. The molecule has 0 spiro atoms. The second kappa shape index (κ2) is 9.67. The predicted octanol–water partition coefficient (Wildman–Crippen LogP) is 4.83. The molecule has 28 heavy (non-hydrogen) atoms. The van der Waals surface area contributed by atoms with Gasteiger partial charge >= 0.3 is 0 Å². The largest absolute Gasteiger partial charge is 0.378 e. The average molecular weight is 391 g/mol. The Kier molecular flexibility index (Phi) is 7.49. The minimum Gasteiger partial charge on any atom is -0.378 e. The highest BCUT2D eigenvalue weighted by molar-refractivity contribution is 5.11. The lowest BCUT2D eigenvalue weighted by molar-refractivity contribution is 0.0477. The summed E-state index contributed by atoms with van der Waals surface area (Å²) in [6.45, 7) is 17.4. The van der Waals surface area contributed by atoms with Crippen molar-refractivity contribution in [2.75, 3.05) is 52.6 Å². The van der Waals surface area contributed by atoms with Crippen molar-refractivity contribution in [1.29, 1.82) is 0 Å². The average Bonchev–Trinajstić information content (AvgIpc) is 2.68. The van der Waals surface area contributed by atoms with Gasteiger partial charge in [0.25, 0.3) is 0 Å². The van der Waals surface area contributed by atoms with Gasteiger partial charge in [0, 0.05) is 37.6 Å². The molecule has 0 N–H and O–H groups in total. The fourth-order valence-electron chi connectivity index (χ4n) is 4.79. The van der Waals surface area contributed by atoms with Crippen molar-refractivity contribution < 1.29 is 9.47 Å². The van der Waals surface area contributed by atoms with Gasteiger partial charge in [0.2, 0.25) is 0 Å². The number of rotatable bonds is 2. The summed E-state index contributed by atoms with van der Waals surface area (Å²) < 4.78 is 10.7. The lowest BCUT2D eigenvalue weighted by atomic mass is 9.79. The molecule has 0 atom stereocenters. The van der Waals surface area contributed by atoms with Crippen LogP contribution in [0.25, 0.3) is 0 Å². The molecule has 2 aliphatic heterocycles. The van der Waals surface area contributed by atoms with Crippen LogP contribution in [0.3, 0.4) is 0 Å². The minimum atomic E-state index is 0.409. The van der Waals surface area contributed by atoms with Crippen molar-refractivity contribution in [2.24, 2.45) is 10.8 Å². The number of ether oxygens (including phenoxy) is 2. The van der Waals surface area contributed by atoms with Gasteiger partial charge in [-0.1, -0.05) is 39.8 Å². The van der Waals surface area contributed by atoms with E-state index in [1.54, 1.807) is 11.4 Å². The van der Waals surface area contributed by atoms with Gasteiger partial charge in [-0.15, -0.1) is 0 Å². The Balaban J connectivity index is 0.000000161. The van der Waals surface area contributed by atoms with Gasteiger partial charge < -0.3 is 19.3 Å². The maximum Gasteiger partial charge on any atom is 0.0642 e. The van der Waals surface area contributed by atoms with E-state index in [1.165, 1.54) is 38.5 Å². The van der Waals surface area contributed by atoms with Gasteiger partial charge in [-0.25, -0.2) is 0 Å². The molecular weight excluding hydrogens is 348 g/mol. The van der Waals surface area contributed by atoms with Crippen molar-refractivity contribution in [2.45, 2.75) is 66.2 Å². The van der Waals surface area contributed by atoms with Gasteiger partial charge in [0.1, 0.15) is 0 Å². The summed E-state index contributed by atoms with van der Waals surface area (Å²) >= 11 is 0. The molecule has 0 unspecified atom stereocenters. The van der Waals surface area contributed by atoms with E-state index in [2.05, 4.69) is 49.6 Å². The number of allylic oxidation sites excluding steroid dienone is 4. The van der Waals surface area contributed by atoms with E-state index < -0.39 is 0 Å². The van der Waals surface area contributed by atoms with Crippen molar-refractivity contribution in [1.82, 2.24) is 9.80 Å². The molecule has 2 heterocycles. The van der Waals surface area contributed by atoms with Crippen LogP contribution in [0.4, 0.5) is 0 Å². The number of nitrogens with zero attached hydrogens (tertiary/aromatic N) is 2. The number of morpholine rings is 2. The second-order valence-corrected chi connectivity index (χ2v) is 10.3. The van der Waals surface area contributed by atoms with Crippen LogP contribution in [0.1, 0.15) is 66.2 Å². The summed E-state index contributed by atoms with van der Waals surface area (Å²) in [5, 5.41) is 0. The first-order chi connectivity index (χ1) is 13.3. The van der Waals surface area contributed by atoms with Gasteiger partial charge in [-0.05, 0) is 49.4 Å². The van der Waals surface area contributed by atoms with Crippen LogP contribution in [-0.4, -0.2) is 62.4 Å². The van der Waals surface area contributed by atoms with Crippen LogP contribution in [0.15, 0.2) is 23.5 Å². The zero-order valence-electron chi connectivity index (χ0n) is 18.8. The zero-order chi connectivity index (χ0) is 20.0. The molecule has 0 aromatic rings. The molecule has 4 heteroatoms. The fraction of sp³-hybridized carbons (Fsp3) is 0.833. The molecule has 0 aromatic carbocycles. The quantitative estimate of drug-likeness (QED) is 0.674. The van der Waals surface area contributed by atoms with Crippen molar-refractivity contribution in [3.8, 4) is 0 Å². The van der Waals surface area contributed by atoms with E-state index >= 15 is 0 Å². The third-order valence-corrected chi connectivity index (χ3v) is 6.51. The first-order valence-electron chi connectivity index (χ1n) is 11.4. The van der Waals surface area contributed by atoms with E-state index in [1.807, 2.05) is 0 Å². The molecule has 0 amide bonds. The Morgan fingerprint density at radius 3 is 1.89 bits per heavy atom. The number of hydrogen-bond donors (Lipinski definition) is 0. The van der Waals surface area contributed by atoms with Crippen LogP contribution in [0.5, 0.6) is 0 Å². The van der Waals surface area contributed by atoms with Gasteiger partial charge in [0.05, 0.1) is 26.4 Å². The van der Waals surface area contributed by atoms with Crippen LogP contribution < -0.4 is 0 Å². The van der Waals surface area contributed by atoms with Crippen molar-refractivity contribution in [3.05, 3.63) is 23.5 Å². The van der Waals surface area contributed by atoms with E-state index in [0.29, 0.717) is 10.8 Å². The highest BCUT2D eigenvalue weighted by Gasteiger charge is 2.26. The van der Waals surface area contributed by atoms with Gasteiger partial charge in [-0.2, -0.15) is 0 Å². The first kappa shape index (κ1) is 21.7. The van der Waals surface area contributed by atoms with E-state index in [0.717, 1.165) is 52.6 Å². The molecule has 2 saturated heterocycles. The topological polar surface area (TPSA) is 24.9 Å². The summed E-state index contributed by atoms with van der Waals surface area (Å²) in [4.78, 5) is 5.01. The highest BCUT2D eigenvalue weighted by Crippen LogP contribution is 2.36. The van der Waals surface area contributed by atoms with Crippen molar-refractivity contribution >= 4 is 0 Å². The molecule has 4 nitrogen and oxygen atoms in total. The highest BCUT2D eigenvalue weighted by atomic mass is 16.5. The Morgan fingerprint density at radius 2 is 1.36 bits per heavy atom. The molecular formula is C24H42N2O2. The third kappa shape index (κ3) is 6.52. The Hall–Kier alpha value is -1.00. The summed E-state index contributed by atoms with van der Waals surface area (Å²) in [6.07, 6.45) is 12.7. The molecule has 2 fully saturated rings. The van der Waals surface area contributed by atoms with Gasteiger partial charge in [0.15, 0.2) is 0 Å². The standard InChI is InChI=1S/2C12H21NO/c2*1-12(2)5-3-4-11(10-12)13-6-8-14-9-7-13/h10H,3-9H2,1-2H3;4H,3,5-10H2,1-2H3. The van der Waals surface area contributed by atoms with Crippen LogP contribution >= 0.6 is 0 Å². The second-order valence-electron chi connectivity index (χ2n) is 10.3. The maximum atomic E-state index is 5.37. The number of hydrogen-bond acceptors (Lipinski definition) is 4. The normalized spacial score (nSPS) is 27.3. The van der Waals surface area contributed by atoms with Crippen molar-refractivity contribution in [3.63, 3.8) is 0 Å².